The van der Waals surface area contributed by atoms with Gasteiger partial charge < -0.3 is 14.7 Å². The van der Waals surface area contributed by atoms with Crippen molar-refractivity contribution in [2.75, 3.05) is 14.7 Å². The van der Waals surface area contributed by atoms with Crippen molar-refractivity contribution in [3.8, 4) is 11.1 Å². The Labute approximate surface area is 402 Å². The standard InChI is InChI=1S/C64H52BN3/c1-5-6-12-24-46(2)48-27-23-36-55(41-48)68-59-42-49(47-25-13-7-14-26-47)37-39-57(59)65-58-40-38-56(66(52-30-17-9-18-31-52)53-32-19-10-20-33-53)45-60(58)67(54-34-21-11-22-35-54)61-43-51(44-62(68)63(61)65)64(3,4)50-28-15-8-16-29-50/h5-45H,1H2,2-4H3/b12-6-,46-24+. The molecule has 0 bridgehead atoms. The molecule has 4 heteroatoms. The molecule has 0 spiro atoms. The average Bonchev–Trinajstić information content (AvgIpc) is 3.39. The van der Waals surface area contributed by atoms with E-state index in [-0.39, 0.29) is 12.1 Å². The number of hydrogen-bond acceptors (Lipinski definition) is 3. The summed E-state index contributed by atoms with van der Waals surface area (Å²) in [6.07, 6.45) is 8.03. The number of hydrogen-bond donors (Lipinski definition) is 0. The Kier molecular flexibility index (Phi) is 11.1. The normalized spacial score (nSPS) is 12.9. The van der Waals surface area contributed by atoms with Gasteiger partial charge >= 0.3 is 0 Å². The van der Waals surface area contributed by atoms with Gasteiger partial charge in [0, 0.05) is 56.6 Å². The first kappa shape index (κ1) is 42.3. The van der Waals surface area contributed by atoms with Crippen molar-refractivity contribution < 1.29 is 0 Å². The van der Waals surface area contributed by atoms with Gasteiger partial charge in [0.1, 0.15) is 0 Å². The largest absolute Gasteiger partial charge is 0.311 e. The van der Waals surface area contributed by atoms with Crippen LogP contribution in [0.3, 0.4) is 0 Å². The minimum atomic E-state index is -0.347. The molecule has 0 aliphatic carbocycles. The van der Waals surface area contributed by atoms with Crippen LogP contribution >= 0.6 is 0 Å². The molecule has 0 saturated heterocycles. The third-order valence-corrected chi connectivity index (χ3v) is 13.8. The first-order valence-corrected chi connectivity index (χ1v) is 23.6. The van der Waals surface area contributed by atoms with E-state index in [9.17, 15) is 0 Å². The lowest BCUT2D eigenvalue weighted by Gasteiger charge is -2.45. The Balaban J connectivity index is 1.23. The first-order valence-electron chi connectivity index (χ1n) is 23.6. The lowest BCUT2D eigenvalue weighted by Crippen LogP contribution is -2.61. The van der Waals surface area contributed by atoms with Crippen molar-refractivity contribution in [2.24, 2.45) is 0 Å². The second kappa shape index (κ2) is 17.8. The fourth-order valence-corrected chi connectivity index (χ4v) is 10.3. The maximum absolute atomic E-state index is 3.89. The summed E-state index contributed by atoms with van der Waals surface area (Å²) in [6, 6.07) is 82.5. The fraction of sp³-hybridized carbons (Fsp3) is 0.0625. The predicted molar refractivity (Wildman–Crippen MR) is 292 cm³/mol. The van der Waals surface area contributed by atoms with Gasteiger partial charge in [0.2, 0.25) is 0 Å². The fourth-order valence-electron chi connectivity index (χ4n) is 10.3. The van der Waals surface area contributed by atoms with E-state index in [1.54, 1.807) is 0 Å². The zero-order chi connectivity index (χ0) is 46.2. The molecule has 3 nitrogen and oxygen atoms in total. The number of anilines is 9. The summed E-state index contributed by atoms with van der Waals surface area (Å²) in [6.45, 7) is 10.8. The molecule has 2 aliphatic rings. The quantitative estimate of drug-likeness (QED) is 0.0947. The SMILES string of the molecule is C=C/C=C\C=C(/C)c1cccc(N2c3cc(-c4ccccc4)ccc3B3c4ccc(N(c5ccccc5)c5ccccc5)cc4N(c4ccccc4)c4cc(C(C)(C)c5ccccc5)cc2c43)c1. The average molecular weight is 874 g/mol. The van der Waals surface area contributed by atoms with E-state index in [0.717, 1.165) is 34.1 Å². The first-order chi connectivity index (χ1) is 33.4. The van der Waals surface area contributed by atoms with E-state index in [1.165, 1.54) is 66.8 Å². The Morgan fingerprint density at radius 3 is 1.65 bits per heavy atom. The highest BCUT2D eigenvalue weighted by molar-refractivity contribution is 7.00. The zero-order valence-electron chi connectivity index (χ0n) is 38.8. The number of rotatable bonds is 11. The number of fused-ring (bicyclic) bond motifs is 4. The van der Waals surface area contributed by atoms with Crippen LogP contribution in [-0.2, 0) is 5.41 Å². The van der Waals surface area contributed by atoms with Crippen LogP contribution < -0.4 is 31.1 Å². The van der Waals surface area contributed by atoms with Gasteiger partial charge in [0.05, 0.1) is 0 Å². The molecule has 0 fully saturated rings. The van der Waals surface area contributed by atoms with Crippen molar-refractivity contribution in [3.63, 3.8) is 0 Å². The van der Waals surface area contributed by atoms with E-state index in [2.05, 4.69) is 279 Å². The summed E-state index contributed by atoms with van der Waals surface area (Å²) in [5.74, 6) is 0. The molecular weight excluding hydrogens is 822 g/mol. The van der Waals surface area contributed by atoms with Gasteiger partial charge in [-0.3, -0.25) is 0 Å². The topological polar surface area (TPSA) is 9.72 Å². The van der Waals surface area contributed by atoms with E-state index in [1.807, 2.05) is 12.2 Å². The van der Waals surface area contributed by atoms with Crippen molar-refractivity contribution in [2.45, 2.75) is 26.2 Å². The number of nitrogens with zero attached hydrogens (tertiary/aromatic N) is 3. The number of allylic oxidation sites excluding steroid dienone is 5. The second-order valence-electron chi connectivity index (χ2n) is 18.3. The van der Waals surface area contributed by atoms with Gasteiger partial charge in [-0.05, 0) is 136 Å². The van der Waals surface area contributed by atoms with Gasteiger partial charge in [0.25, 0.3) is 6.71 Å². The van der Waals surface area contributed by atoms with Gasteiger partial charge in [-0.2, -0.15) is 0 Å². The van der Waals surface area contributed by atoms with E-state index < -0.39 is 0 Å². The molecule has 2 aliphatic heterocycles. The monoisotopic (exact) mass is 873 g/mol. The second-order valence-corrected chi connectivity index (χ2v) is 18.3. The van der Waals surface area contributed by atoms with Crippen LogP contribution in [0.2, 0.25) is 0 Å². The molecule has 9 aromatic carbocycles. The molecule has 11 rings (SSSR count). The van der Waals surface area contributed by atoms with E-state index in [0.29, 0.717) is 0 Å². The molecule has 0 amide bonds. The molecule has 2 heterocycles. The summed E-state index contributed by atoms with van der Waals surface area (Å²) in [5.41, 5.74) is 20.9. The molecule has 0 radical (unpaired) electrons. The summed E-state index contributed by atoms with van der Waals surface area (Å²) in [5, 5.41) is 0. The highest BCUT2D eigenvalue weighted by Crippen LogP contribution is 2.49. The molecule has 68 heavy (non-hydrogen) atoms. The van der Waals surface area contributed by atoms with Crippen LogP contribution in [0.5, 0.6) is 0 Å². The highest BCUT2D eigenvalue weighted by Gasteiger charge is 2.45. The van der Waals surface area contributed by atoms with Crippen molar-refractivity contribution in [1.29, 1.82) is 0 Å². The summed E-state index contributed by atoms with van der Waals surface area (Å²) >= 11 is 0. The number of benzene rings is 9. The lowest BCUT2D eigenvalue weighted by atomic mass is 9.33. The van der Waals surface area contributed by atoms with E-state index >= 15 is 0 Å². The predicted octanol–water partition coefficient (Wildman–Crippen LogP) is 15.4. The maximum Gasteiger partial charge on any atom is 0.252 e. The molecule has 0 aromatic heterocycles. The van der Waals surface area contributed by atoms with Crippen molar-refractivity contribution >= 4 is 79.9 Å². The lowest BCUT2D eigenvalue weighted by molar-refractivity contribution is 0.641. The molecule has 9 aromatic rings. The van der Waals surface area contributed by atoms with Crippen LogP contribution in [0.25, 0.3) is 16.7 Å². The minimum absolute atomic E-state index is 0.0651. The van der Waals surface area contributed by atoms with Gasteiger partial charge in [-0.15, -0.1) is 0 Å². The van der Waals surface area contributed by atoms with Crippen LogP contribution in [0.4, 0.5) is 51.2 Å². The van der Waals surface area contributed by atoms with Gasteiger partial charge in [-0.1, -0.05) is 190 Å². The molecule has 326 valence electrons. The molecule has 0 unspecified atom stereocenters. The third-order valence-electron chi connectivity index (χ3n) is 13.8. The number of para-hydroxylation sites is 3. The van der Waals surface area contributed by atoms with E-state index in [4.69, 9.17) is 0 Å². The Hall–Kier alpha value is -8.34. The van der Waals surface area contributed by atoms with Gasteiger partial charge in [-0.25, -0.2) is 0 Å². The van der Waals surface area contributed by atoms with Crippen LogP contribution in [-0.4, -0.2) is 6.71 Å². The Morgan fingerprint density at radius 2 is 1.01 bits per heavy atom. The summed E-state index contributed by atoms with van der Waals surface area (Å²) < 4.78 is 0. The summed E-state index contributed by atoms with van der Waals surface area (Å²) in [7, 11) is 0. The smallest absolute Gasteiger partial charge is 0.252 e. The van der Waals surface area contributed by atoms with Crippen molar-refractivity contribution in [3.05, 3.63) is 272 Å². The third kappa shape index (κ3) is 7.54. The molecule has 0 atom stereocenters. The Bertz CT molecular complexity index is 3300. The zero-order valence-corrected chi connectivity index (χ0v) is 38.8. The molecular formula is C64H52BN3. The van der Waals surface area contributed by atoms with Crippen molar-refractivity contribution in [1.82, 2.24) is 0 Å². The van der Waals surface area contributed by atoms with Crippen LogP contribution in [0.15, 0.2) is 255 Å². The minimum Gasteiger partial charge on any atom is -0.311 e. The summed E-state index contributed by atoms with van der Waals surface area (Å²) in [4.78, 5) is 7.45. The Morgan fingerprint density at radius 1 is 0.471 bits per heavy atom. The maximum atomic E-state index is 3.89. The van der Waals surface area contributed by atoms with Gasteiger partial charge in [0.15, 0.2) is 0 Å². The molecule has 0 saturated carbocycles. The highest BCUT2D eigenvalue weighted by atomic mass is 15.2. The van der Waals surface area contributed by atoms with Crippen LogP contribution in [0, 0.1) is 0 Å². The van der Waals surface area contributed by atoms with Crippen LogP contribution in [0.1, 0.15) is 37.5 Å². The molecule has 0 N–H and O–H groups in total.